The van der Waals surface area contributed by atoms with Gasteiger partial charge in [-0.1, -0.05) is 0 Å². The molecule has 0 aliphatic carbocycles. The molecule has 0 bridgehead atoms. The minimum absolute atomic E-state index is 0. The van der Waals surface area contributed by atoms with Crippen molar-refractivity contribution >= 4 is 37.7 Å². The number of hydrogen-bond donors (Lipinski definition) is 0. The Balaban J connectivity index is 0. The monoisotopic (exact) mass is 220 g/mol. The van der Waals surface area contributed by atoms with E-state index in [0.717, 1.165) is 0 Å². The van der Waals surface area contributed by atoms with Crippen LogP contribution in [0.1, 0.15) is 4.28 Å². The average Bonchev–Trinajstić information content (AvgIpc) is 0. The molecule has 4 heavy (non-hydrogen) atoms. The summed E-state index contributed by atoms with van der Waals surface area (Å²) in [5.74, 6) is 0. The van der Waals surface area contributed by atoms with Gasteiger partial charge >= 0.3 is 89.1 Å². The zero-order chi connectivity index (χ0) is 0. The molecule has 4 heteroatoms. The molecule has 0 heterocycles. The van der Waals surface area contributed by atoms with Gasteiger partial charge in [-0.15, -0.1) is 0 Å². The van der Waals surface area contributed by atoms with Crippen molar-refractivity contribution in [1.29, 1.82) is 0 Å². The standard InChI is InChI=1S/Ca.K.Ti.Zr.3H/q+2;+1;;;3*-1. The van der Waals surface area contributed by atoms with E-state index in [9.17, 15) is 0 Å². The third kappa shape index (κ3) is 9.71. The van der Waals surface area contributed by atoms with E-state index < -0.39 is 0 Å². The zero-order valence-corrected chi connectivity index (χ0v) is 12.1. The summed E-state index contributed by atoms with van der Waals surface area (Å²) in [5, 5.41) is 0. The molecular weight excluding hydrogens is 218 g/mol. The quantitative estimate of drug-likeness (QED) is 0.381. The maximum Gasteiger partial charge on any atom is 2.00 e. The summed E-state index contributed by atoms with van der Waals surface area (Å²) in [7, 11) is 0. The van der Waals surface area contributed by atoms with Gasteiger partial charge in [-0.25, -0.2) is 0 Å². The molecule has 0 aromatic rings. The molecule has 0 aromatic heterocycles. The van der Waals surface area contributed by atoms with Crippen LogP contribution in [0.3, 0.4) is 0 Å². The average molecular weight is 221 g/mol. The molecule has 0 amide bonds. The van der Waals surface area contributed by atoms with E-state index >= 15 is 0 Å². The Morgan fingerprint density at radius 3 is 1.25 bits per heavy atom. The summed E-state index contributed by atoms with van der Waals surface area (Å²) >= 11 is 0. The van der Waals surface area contributed by atoms with Crippen LogP contribution < -0.4 is 51.4 Å². The van der Waals surface area contributed by atoms with Gasteiger partial charge in [-0.3, -0.25) is 0 Å². The molecule has 0 radical (unpaired) electrons. The Bertz CT molecular complexity index is 14.9. The first-order valence-corrected chi connectivity index (χ1v) is 0. The third-order valence-corrected chi connectivity index (χ3v) is 0. The summed E-state index contributed by atoms with van der Waals surface area (Å²) in [6.45, 7) is 0. The van der Waals surface area contributed by atoms with Crippen LogP contribution in [0.25, 0.3) is 0 Å². The van der Waals surface area contributed by atoms with Gasteiger partial charge in [0.15, 0.2) is 0 Å². The summed E-state index contributed by atoms with van der Waals surface area (Å²) < 4.78 is 0. The van der Waals surface area contributed by atoms with Gasteiger partial charge in [0.05, 0.1) is 0 Å². The van der Waals surface area contributed by atoms with Crippen LogP contribution in [0.2, 0.25) is 0 Å². The van der Waals surface area contributed by atoms with E-state index in [1.165, 1.54) is 0 Å². The van der Waals surface area contributed by atoms with E-state index in [1.807, 2.05) is 0 Å². The molecule has 0 fully saturated rings. The maximum absolute atomic E-state index is 0. The first-order valence-electron chi connectivity index (χ1n) is 0. The Hall–Kier alpha value is 4.49. The van der Waals surface area contributed by atoms with Crippen molar-refractivity contribution in [3.8, 4) is 0 Å². The van der Waals surface area contributed by atoms with Gasteiger partial charge in [0.2, 0.25) is 0 Å². The van der Waals surface area contributed by atoms with E-state index in [2.05, 4.69) is 0 Å². The second kappa shape index (κ2) is 15.6. The van der Waals surface area contributed by atoms with Crippen LogP contribution >= 0.6 is 0 Å². The predicted molar refractivity (Wildman–Crippen MR) is 9.09 cm³/mol. The summed E-state index contributed by atoms with van der Waals surface area (Å²) in [4.78, 5) is 0. The minimum atomic E-state index is 0. The fourth-order valence-corrected chi connectivity index (χ4v) is 0. The molecule has 0 nitrogen and oxygen atoms in total. The normalized spacial score (nSPS) is 0. The molecule has 0 atom stereocenters. The van der Waals surface area contributed by atoms with Crippen LogP contribution in [-0.2, 0) is 47.9 Å². The molecule has 0 N–H and O–H groups in total. The van der Waals surface area contributed by atoms with Crippen LogP contribution in [-0.4, -0.2) is 37.7 Å². The van der Waals surface area contributed by atoms with Crippen LogP contribution in [0.4, 0.5) is 0 Å². The molecule has 0 aliphatic rings. The van der Waals surface area contributed by atoms with Crippen LogP contribution in [0.15, 0.2) is 0 Å². The third-order valence-electron chi connectivity index (χ3n) is 0. The first-order chi connectivity index (χ1) is 0. The Kier molecular flexibility index (Phi) is 92.4. The molecule has 0 unspecified atom stereocenters. The largest absolute Gasteiger partial charge is 2.00 e. The van der Waals surface area contributed by atoms with Gasteiger partial charge < -0.3 is 4.28 Å². The SMILES string of the molecule is [Ca+2].[H-].[H-].[H-].[K+].[Ti].[Zr]. The second-order valence-corrected chi connectivity index (χ2v) is 0. The van der Waals surface area contributed by atoms with E-state index in [4.69, 9.17) is 0 Å². The van der Waals surface area contributed by atoms with Crippen molar-refractivity contribution in [2.45, 2.75) is 0 Å². The molecule has 0 aromatic carbocycles. The van der Waals surface area contributed by atoms with Gasteiger partial charge in [0, 0.05) is 47.9 Å². The molecule has 0 saturated heterocycles. The Morgan fingerprint density at radius 1 is 1.25 bits per heavy atom. The molecule has 14 valence electrons. The molecule has 0 aliphatic heterocycles. The molecule has 0 rings (SSSR count). The van der Waals surface area contributed by atoms with Gasteiger partial charge in [-0.2, -0.15) is 0 Å². The fourth-order valence-electron chi connectivity index (χ4n) is 0. The van der Waals surface area contributed by atoms with Crippen molar-refractivity contribution in [2.24, 2.45) is 0 Å². The fraction of sp³-hybridized carbons (Fsp3) is 0. The smallest absolute Gasteiger partial charge is 1.00 e. The van der Waals surface area contributed by atoms with E-state index in [-0.39, 0.29) is 141 Å². The summed E-state index contributed by atoms with van der Waals surface area (Å²) in [6.07, 6.45) is 0. The van der Waals surface area contributed by atoms with Gasteiger partial charge in [0.1, 0.15) is 0 Å². The van der Waals surface area contributed by atoms with Crippen LogP contribution in [0, 0.1) is 0 Å². The van der Waals surface area contributed by atoms with E-state index in [0.29, 0.717) is 0 Å². The predicted octanol–water partition coefficient (Wildman–Crippen LogP) is -3.04. The Labute approximate surface area is 137 Å². The van der Waals surface area contributed by atoms with Gasteiger partial charge in [0.25, 0.3) is 0 Å². The van der Waals surface area contributed by atoms with Gasteiger partial charge in [-0.05, 0) is 0 Å². The number of hydrogen-bond acceptors (Lipinski definition) is 0. The van der Waals surface area contributed by atoms with Crippen molar-refractivity contribution in [1.82, 2.24) is 0 Å². The van der Waals surface area contributed by atoms with Crippen molar-refractivity contribution in [3.63, 3.8) is 0 Å². The second-order valence-electron chi connectivity index (χ2n) is 0. The van der Waals surface area contributed by atoms with Crippen LogP contribution in [0.5, 0.6) is 0 Å². The van der Waals surface area contributed by atoms with E-state index in [1.54, 1.807) is 0 Å². The minimum Gasteiger partial charge on any atom is -1.00 e. The van der Waals surface area contributed by atoms with Crippen molar-refractivity contribution in [2.75, 3.05) is 0 Å². The first kappa shape index (κ1) is 23.6. The van der Waals surface area contributed by atoms with Crippen molar-refractivity contribution in [3.05, 3.63) is 0 Å². The summed E-state index contributed by atoms with van der Waals surface area (Å²) in [5.41, 5.74) is 0. The number of rotatable bonds is 0. The zero-order valence-electron chi connectivity index (χ0n) is 5.71. The molecule has 0 saturated carbocycles. The maximum atomic E-state index is 0. The van der Waals surface area contributed by atoms with Crippen molar-refractivity contribution < 1.29 is 104 Å². The summed E-state index contributed by atoms with van der Waals surface area (Å²) in [6, 6.07) is 0. The Morgan fingerprint density at radius 2 is 1.25 bits per heavy atom. The molecular formula is H3CaKTiZr. The molecule has 0 spiro atoms. The topological polar surface area (TPSA) is 0 Å².